The first-order chi connectivity index (χ1) is 13.0. The average molecular weight is 381 g/mol. The smallest absolute Gasteiger partial charge is 0.261 e. The lowest BCUT2D eigenvalue weighted by Gasteiger charge is -2.18. The second kappa shape index (κ2) is 7.27. The molecule has 0 atom stereocenters. The van der Waals surface area contributed by atoms with Crippen LogP contribution in [0.3, 0.4) is 0 Å². The van der Waals surface area contributed by atoms with E-state index in [1.54, 1.807) is 0 Å². The Morgan fingerprint density at radius 2 is 1.89 bits per heavy atom. The molecule has 27 heavy (non-hydrogen) atoms. The Bertz CT molecular complexity index is 1000. The van der Waals surface area contributed by atoms with E-state index in [0.717, 1.165) is 51.0 Å². The fraction of sp³-hybridized carbons (Fsp3) is 0.381. The first kappa shape index (κ1) is 17.9. The molecule has 1 amide bonds. The Morgan fingerprint density at radius 1 is 1.15 bits per heavy atom. The van der Waals surface area contributed by atoms with Gasteiger partial charge in [0, 0.05) is 19.6 Å². The largest absolute Gasteiger partial charge is 0.356 e. The molecule has 4 rings (SSSR count). The van der Waals surface area contributed by atoms with Gasteiger partial charge in [-0.2, -0.15) is 0 Å². The van der Waals surface area contributed by atoms with Gasteiger partial charge in [0.05, 0.1) is 10.3 Å². The van der Waals surface area contributed by atoms with Crippen LogP contribution in [-0.2, 0) is 6.54 Å². The number of nitrogens with one attached hydrogen (secondary N) is 1. The maximum absolute atomic E-state index is 12.9. The lowest BCUT2D eigenvalue weighted by Crippen LogP contribution is -2.23. The summed E-state index contributed by atoms with van der Waals surface area (Å²) in [7, 11) is 0. The monoisotopic (exact) mass is 380 g/mol. The predicted molar refractivity (Wildman–Crippen MR) is 111 cm³/mol. The summed E-state index contributed by atoms with van der Waals surface area (Å²) in [6, 6.07) is 8.12. The highest BCUT2D eigenvalue weighted by atomic mass is 32.1. The van der Waals surface area contributed by atoms with Crippen LogP contribution in [0.2, 0.25) is 0 Å². The molecule has 1 N–H and O–H groups in total. The van der Waals surface area contributed by atoms with Gasteiger partial charge in [0.15, 0.2) is 0 Å². The normalized spacial score (nSPS) is 14.1. The van der Waals surface area contributed by atoms with E-state index >= 15 is 0 Å². The standard InChI is InChI=1S/C21H24N4OS/c1-13-8-4-5-9-16(13)12-22-20(26)18-14(2)17-19(25-10-6-7-11-25)23-15(3)24-21(17)27-18/h4-5,8-9H,6-7,10-12H2,1-3H3,(H,22,26). The van der Waals surface area contributed by atoms with Gasteiger partial charge in [-0.1, -0.05) is 24.3 Å². The van der Waals surface area contributed by atoms with Crippen molar-refractivity contribution in [1.82, 2.24) is 15.3 Å². The third kappa shape index (κ3) is 3.41. The Balaban J connectivity index is 1.66. The Kier molecular flexibility index (Phi) is 4.83. The van der Waals surface area contributed by atoms with Crippen LogP contribution in [0, 0.1) is 20.8 Å². The van der Waals surface area contributed by atoms with Gasteiger partial charge in [-0.3, -0.25) is 4.79 Å². The summed E-state index contributed by atoms with van der Waals surface area (Å²) in [6.07, 6.45) is 2.38. The summed E-state index contributed by atoms with van der Waals surface area (Å²) in [6.45, 7) is 8.58. The zero-order valence-electron chi connectivity index (χ0n) is 16.0. The number of amides is 1. The van der Waals surface area contributed by atoms with Gasteiger partial charge in [0.1, 0.15) is 16.5 Å². The molecule has 140 valence electrons. The summed E-state index contributed by atoms with van der Waals surface area (Å²) in [5.41, 5.74) is 3.31. The molecule has 3 heterocycles. The number of fused-ring (bicyclic) bond motifs is 1. The van der Waals surface area contributed by atoms with Gasteiger partial charge in [-0.15, -0.1) is 11.3 Å². The maximum Gasteiger partial charge on any atom is 0.261 e. The molecule has 2 aromatic heterocycles. The minimum absolute atomic E-state index is 0.0382. The van der Waals surface area contributed by atoms with Gasteiger partial charge in [-0.05, 0) is 50.3 Å². The Labute approximate surface area is 163 Å². The third-order valence-electron chi connectivity index (χ3n) is 5.20. The first-order valence-corrected chi connectivity index (χ1v) is 10.2. The van der Waals surface area contributed by atoms with E-state index in [1.807, 2.05) is 32.0 Å². The predicted octanol–water partition coefficient (Wildman–Crippen LogP) is 4.15. The highest BCUT2D eigenvalue weighted by Crippen LogP contribution is 2.36. The van der Waals surface area contributed by atoms with Crippen molar-refractivity contribution < 1.29 is 4.79 Å². The van der Waals surface area contributed by atoms with Gasteiger partial charge >= 0.3 is 0 Å². The van der Waals surface area contributed by atoms with Crippen LogP contribution in [0.1, 0.15) is 45.0 Å². The summed E-state index contributed by atoms with van der Waals surface area (Å²) in [4.78, 5) is 26.2. The molecule has 1 aliphatic rings. The fourth-order valence-electron chi connectivity index (χ4n) is 3.66. The molecule has 1 aliphatic heterocycles. The topological polar surface area (TPSA) is 58.1 Å². The molecule has 0 saturated carbocycles. The van der Waals surface area contributed by atoms with Crippen molar-refractivity contribution in [2.75, 3.05) is 18.0 Å². The zero-order chi connectivity index (χ0) is 19.0. The molecule has 0 unspecified atom stereocenters. The molecule has 0 aliphatic carbocycles. The maximum atomic E-state index is 12.9. The minimum atomic E-state index is -0.0382. The number of anilines is 1. The van der Waals surface area contributed by atoms with Crippen molar-refractivity contribution >= 4 is 33.3 Å². The lowest BCUT2D eigenvalue weighted by atomic mass is 10.1. The van der Waals surface area contributed by atoms with Crippen LogP contribution < -0.4 is 10.2 Å². The Morgan fingerprint density at radius 3 is 2.63 bits per heavy atom. The van der Waals surface area contributed by atoms with Crippen molar-refractivity contribution in [2.24, 2.45) is 0 Å². The molecule has 3 aromatic rings. The molecular formula is C21H24N4OS. The molecule has 0 spiro atoms. The van der Waals surface area contributed by atoms with E-state index in [9.17, 15) is 4.79 Å². The van der Waals surface area contributed by atoms with Crippen molar-refractivity contribution in [3.63, 3.8) is 0 Å². The second-order valence-corrected chi connectivity index (χ2v) is 8.13. The van der Waals surface area contributed by atoms with E-state index in [-0.39, 0.29) is 5.91 Å². The van der Waals surface area contributed by atoms with Gasteiger partial charge < -0.3 is 10.2 Å². The minimum Gasteiger partial charge on any atom is -0.356 e. The summed E-state index contributed by atoms with van der Waals surface area (Å²) in [5.74, 6) is 1.71. The number of rotatable bonds is 4. The lowest BCUT2D eigenvalue weighted by molar-refractivity contribution is 0.0954. The average Bonchev–Trinajstić information content (AvgIpc) is 3.29. The van der Waals surface area contributed by atoms with Gasteiger partial charge in [-0.25, -0.2) is 9.97 Å². The second-order valence-electron chi connectivity index (χ2n) is 7.13. The quantitative estimate of drug-likeness (QED) is 0.739. The molecule has 6 heteroatoms. The van der Waals surface area contributed by atoms with Gasteiger partial charge in [0.2, 0.25) is 0 Å². The summed E-state index contributed by atoms with van der Waals surface area (Å²) in [5, 5.41) is 4.11. The third-order valence-corrected chi connectivity index (χ3v) is 6.38. The zero-order valence-corrected chi connectivity index (χ0v) is 16.8. The fourth-order valence-corrected chi connectivity index (χ4v) is 4.80. The SMILES string of the molecule is Cc1nc(N2CCCC2)c2c(C)c(C(=O)NCc3ccccc3C)sc2n1. The Hall–Kier alpha value is -2.47. The van der Waals surface area contributed by atoms with Crippen LogP contribution in [0.4, 0.5) is 5.82 Å². The molecule has 1 fully saturated rings. The highest BCUT2D eigenvalue weighted by Gasteiger charge is 2.24. The van der Waals surface area contributed by atoms with E-state index in [0.29, 0.717) is 6.54 Å². The van der Waals surface area contributed by atoms with Crippen LogP contribution in [-0.4, -0.2) is 29.0 Å². The summed E-state index contributed by atoms with van der Waals surface area (Å²) < 4.78 is 0. The molecular weight excluding hydrogens is 356 g/mol. The van der Waals surface area contributed by atoms with E-state index < -0.39 is 0 Å². The number of nitrogens with zero attached hydrogens (tertiary/aromatic N) is 3. The molecule has 0 radical (unpaired) electrons. The number of hydrogen-bond acceptors (Lipinski definition) is 5. The molecule has 5 nitrogen and oxygen atoms in total. The van der Waals surface area contributed by atoms with Crippen molar-refractivity contribution in [3.8, 4) is 0 Å². The number of aryl methyl sites for hydroxylation is 3. The molecule has 0 bridgehead atoms. The van der Waals surface area contributed by atoms with Crippen molar-refractivity contribution in [3.05, 3.63) is 51.7 Å². The van der Waals surface area contributed by atoms with Crippen LogP contribution in [0.25, 0.3) is 10.2 Å². The van der Waals surface area contributed by atoms with Crippen LogP contribution in [0.5, 0.6) is 0 Å². The highest BCUT2D eigenvalue weighted by molar-refractivity contribution is 7.20. The number of carbonyl (C=O) groups is 1. The van der Waals surface area contributed by atoms with Gasteiger partial charge in [0.25, 0.3) is 5.91 Å². The number of thiophene rings is 1. The van der Waals surface area contributed by atoms with E-state index in [4.69, 9.17) is 4.98 Å². The molecule has 1 saturated heterocycles. The summed E-state index contributed by atoms with van der Waals surface area (Å²) >= 11 is 1.47. The van der Waals surface area contributed by atoms with Crippen molar-refractivity contribution in [1.29, 1.82) is 0 Å². The van der Waals surface area contributed by atoms with E-state index in [2.05, 4.69) is 28.2 Å². The van der Waals surface area contributed by atoms with Crippen molar-refractivity contribution in [2.45, 2.75) is 40.2 Å². The van der Waals surface area contributed by atoms with Crippen LogP contribution >= 0.6 is 11.3 Å². The number of carbonyl (C=O) groups excluding carboxylic acids is 1. The number of aromatic nitrogens is 2. The molecule has 1 aromatic carbocycles. The number of benzene rings is 1. The first-order valence-electron chi connectivity index (χ1n) is 9.40. The number of hydrogen-bond donors (Lipinski definition) is 1. The van der Waals surface area contributed by atoms with Crippen LogP contribution in [0.15, 0.2) is 24.3 Å². The van der Waals surface area contributed by atoms with E-state index in [1.165, 1.54) is 29.7 Å².